The number of nitrogens with zero attached hydrogens (tertiary/aromatic N) is 1. The molecule has 0 saturated carbocycles. The Labute approximate surface area is 104 Å². The number of benzene rings is 1. The van der Waals surface area contributed by atoms with E-state index in [2.05, 4.69) is 10.5 Å². The van der Waals surface area contributed by atoms with Crippen LogP contribution in [-0.2, 0) is 0 Å². The Kier molecular flexibility index (Phi) is 4.65. The molecule has 0 fully saturated rings. The monoisotopic (exact) mass is 253 g/mol. The number of carbonyl (C=O) groups excluding carboxylic acids is 1. The van der Waals surface area contributed by atoms with Crippen molar-refractivity contribution in [2.24, 2.45) is 16.8 Å². The zero-order valence-electron chi connectivity index (χ0n) is 10.3. The fourth-order valence-corrected chi connectivity index (χ4v) is 1.38. The van der Waals surface area contributed by atoms with Crippen LogP contribution in [0, 0.1) is 18.7 Å². The summed E-state index contributed by atoms with van der Waals surface area (Å²) in [5.74, 6) is -1.11. The molecule has 0 aromatic heterocycles. The first-order valence-electron chi connectivity index (χ1n) is 5.47. The second-order valence-electron chi connectivity index (χ2n) is 4.10. The highest BCUT2D eigenvalue weighted by molar-refractivity contribution is 5.96. The number of carbonyl (C=O) groups is 1. The van der Waals surface area contributed by atoms with Gasteiger partial charge in [-0.2, -0.15) is 0 Å². The van der Waals surface area contributed by atoms with Crippen LogP contribution in [0.3, 0.4) is 0 Å². The summed E-state index contributed by atoms with van der Waals surface area (Å²) in [4.78, 5) is 11.8. The molecule has 1 aromatic carbocycles. The number of nitrogens with one attached hydrogen (secondary N) is 1. The van der Waals surface area contributed by atoms with Gasteiger partial charge in [0.15, 0.2) is 0 Å². The van der Waals surface area contributed by atoms with Crippen LogP contribution in [0.5, 0.6) is 0 Å². The van der Waals surface area contributed by atoms with Crippen molar-refractivity contribution in [3.8, 4) is 0 Å². The van der Waals surface area contributed by atoms with Gasteiger partial charge >= 0.3 is 0 Å². The highest BCUT2D eigenvalue weighted by Crippen LogP contribution is 2.10. The summed E-state index contributed by atoms with van der Waals surface area (Å²) in [6, 6.07) is 4.02. The number of hydrogen-bond acceptors (Lipinski definition) is 3. The Bertz CT molecular complexity index is 474. The largest absolute Gasteiger partial charge is 0.409 e. The predicted octanol–water partition coefficient (Wildman–Crippen LogP) is 1.25. The first-order valence-corrected chi connectivity index (χ1v) is 5.47. The maximum absolute atomic E-state index is 13.0. The standard InChI is InChI=1S/C12H16FN3O2/c1-7-3-4-9(13)5-10(7)12(17)15-6-8(2)11(14)16-18/h3-5,8,18H,6H2,1-2H3,(H2,14,16)(H,15,17). The van der Waals surface area contributed by atoms with Gasteiger partial charge in [-0.15, -0.1) is 0 Å². The summed E-state index contributed by atoms with van der Waals surface area (Å²) in [6.45, 7) is 3.64. The molecule has 1 amide bonds. The summed E-state index contributed by atoms with van der Waals surface area (Å²) < 4.78 is 13.0. The van der Waals surface area contributed by atoms with Crippen molar-refractivity contribution in [2.45, 2.75) is 13.8 Å². The van der Waals surface area contributed by atoms with Crippen LogP contribution >= 0.6 is 0 Å². The molecule has 1 rings (SSSR count). The van der Waals surface area contributed by atoms with Gasteiger partial charge in [0.25, 0.3) is 5.91 Å². The first-order chi connectivity index (χ1) is 8.45. The zero-order chi connectivity index (χ0) is 13.7. The van der Waals surface area contributed by atoms with Crippen molar-refractivity contribution in [3.05, 3.63) is 35.1 Å². The van der Waals surface area contributed by atoms with Crippen LogP contribution in [0.15, 0.2) is 23.4 Å². The van der Waals surface area contributed by atoms with E-state index in [0.717, 1.165) is 0 Å². The van der Waals surface area contributed by atoms with Gasteiger partial charge in [-0.1, -0.05) is 18.1 Å². The molecule has 0 spiro atoms. The molecule has 98 valence electrons. The van der Waals surface area contributed by atoms with E-state index in [0.29, 0.717) is 5.56 Å². The molecule has 1 aromatic rings. The van der Waals surface area contributed by atoms with Gasteiger partial charge in [0.05, 0.1) is 0 Å². The van der Waals surface area contributed by atoms with E-state index >= 15 is 0 Å². The molecule has 0 bridgehead atoms. The summed E-state index contributed by atoms with van der Waals surface area (Å²) in [5, 5.41) is 13.9. The van der Waals surface area contributed by atoms with E-state index in [1.165, 1.54) is 18.2 Å². The van der Waals surface area contributed by atoms with E-state index in [1.807, 2.05) is 0 Å². The normalized spacial score (nSPS) is 13.2. The van der Waals surface area contributed by atoms with Crippen LogP contribution in [0.25, 0.3) is 0 Å². The third-order valence-electron chi connectivity index (χ3n) is 2.63. The Morgan fingerprint density at radius 3 is 2.89 bits per heavy atom. The Balaban J connectivity index is 2.69. The van der Waals surface area contributed by atoms with Crippen molar-refractivity contribution < 1.29 is 14.4 Å². The van der Waals surface area contributed by atoms with Gasteiger partial charge in [-0.3, -0.25) is 4.79 Å². The highest BCUT2D eigenvalue weighted by atomic mass is 19.1. The second kappa shape index (κ2) is 6.00. The van der Waals surface area contributed by atoms with Gasteiger partial charge in [0, 0.05) is 18.0 Å². The maximum atomic E-state index is 13.0. The van der Waals surface area contributed by atoms with Gasteiger partial charge in [-0.05, 0) is 24.6 Å². The molecule has 5 nitrogen and oxygen atoms in total. The maximum Gasteiger partial charge on any atom is 0.251 e. The number of halogens is 1. The topological polar surface area (TPSA) is 87.7 Å². The molecule has 18 heavy (non-hydrogen) atoms. The Hall–Kier alpha value is -2.11. The van der Waals surface area contributed by atoms with Gasteiger partial charge in [0.1, 0.15) is 11.7 Å². The lowest BCUT2D eigenvalue weighted by Crippen LogP contribution is -2.35. The Morgan fingerprint density at radius 2 is 2.28 bits per heavy atom. The lowest BCUT2D eigenvalue weighted by molar-refractivity contribution is 0.0950. The van der Waals surface area contributed by atoms with E-state index in [9.17, 15) is 9.18 Å². The van der Waals surface area contributed by atoms with Crippen LogP contribution in [0.2, 0.25) is 0 Å². The van der Waals surface area contributed by atoms with Crippen molar-refractivity contribution in [3.63, 3.8) is 0 Å². The molecular weight excluding hydrogens is 237 g/mol. The lowest BCUT2D eigenvalue weighted by Gasteiger charge is -2.12. The number of hydrogen-bond donors (Lipinski definition) is 3. The van der Waals surface area contributed by atoms with Gasteiger partial charge in [0.2, 0.25) is 0 Å². The summed E-state index contributed by atoms with van der Waals surface area (Å²) >= 11 is 0. The first kappa shape index (κ1) is 14.0. The number of amidine groups is 1. The van der Waals surface area contributed by atoms with Crippen molar-refractivity contribution in [1.29, 1.82) is 0 Å². The number of oxime groups is 1. The van der Waals surface area contributed by atoms with E-state index in [1.54, 1.807) is 13.8 Å². The molecule has 4 N–H and O–H groups in total. The summed E-state index contributed by atoms with van der Waals surface area (Å²) in [5.41, 5.74) is 6.35. The van der Waals surface area contributed by atoms with Crippen molar-refractivity contribution >= 4 is 11.7 Å². The highest BCUT2D eigenvalue weighted by Gasteiger charge is 2.13. The number of rotatable bonds is 4. The molecule has 0 aliphatic carbocycles. The molecule has 0 saturated heterocycles. The minimum Gasteiger partial charge on any atom is -0.409 e. The fraction of sp³-hybridized carbons (Fsp3) is 0.333. The third kappa shape index (κ3) is 3.44. The number of nitrogens with two attached hydrogens (primary N) is 1. The summed E-state index contributed by atoms with van der Waals surface area (Å²) in [7, 11) is 0. The average Bonchev–Trinajstić information content (AvgIpc) is 2.37. The molecule has 0 aliphatic rings. The average molecular weight is 253 g/mol. The van der Waals surface area contributed by atoms with Gasteiger partial charge < -0.3 is 16.3 Å². The van der Waals surface area contributed by atoms with Crippen LogP contribution in [-0.4, -0.2) is 23.5 Å². The Morgan fingerprint density at radius 1 is 1.61 bits per heavy atom. The third-order valence-corrected chi connectivity index (χ3v) is 2.63. The fourth-order valence-electron chi connectivity index (χ4n) is 1.38. The van der Waals surface area contributed by atoms with E-state index in [4.69, 9.17) is 10.9 Å². The van der Waals surface area contributed by atoms with Crippen molar-refractivity contribution in [1.82, 2.24) is 5.32 Å². The van der Waals surface area contributed by atoms with Crippen LogP contribution in [0.1, 0.15) is 22.8 Å². The summed E-state index contributed by atoms with van der Waals surface area (Å²) in [6.07, 6.45) is 0. The van der Waals surface area contributed by atoms with Crippen LogP contribution in [0.4, 0.5) is 4.39 Å². The molecule has 1 unspecified atom stereocenters. The molecule has 1 atom stereocenters. The smallest absolute Gasteiger partial charge is 0.251 e. The molecule has 0 radical (unpaired) electrons. The molecule has 6 heteroatoms. The number of amides is 1. The second-order valence-corrected chi connectivity index (χ2v) is 4.10. The van der Waals surface area contributed by atoms with E-state index < -0.39 is 5.82 Å². The lowest BCUT2D eigenvalue weighted by atomic mass is 10.1. The molecule has 0 heterocycles. The quantitative estimate of drug-likeness (QED) is 0.326. The van der Waals surface area contributed by atoms with Gasteiger partial charge in [-0.25, -0.2) is 4.39 Å². The molecule has 0 aliphatic heterocycles. The predicted molar refractivity (Wildman–Crippen MR) is 66.0 cm³/mol. The van der Waals surface area contributed by atoms with E-state index in [-0.39, 0.29) is 29.8 Å². The van der Waals surface area contributed by atoms with Crippen LogP contribution < -0.4 is 11.1 Å². The molecular formula is C12H16FN3O2. The van der Waals surface area contributed by atoms with Crippen molar-refractivity contribution in [2.75, 3.05) is 6.54 Å². The SMILES string of the molecule is Cc1ccc(F)cc1C(=O)NCC(C)C(N)=NO. The minimum absolute atomic E-state index is 0.0336. The number of aryl methyl sites for hydroxylation is 1. The zero-order valence-corrected chi connectivity index (χ0v) is 10.3. The minimum atomic E-state index is -0.463.